The number of likely N-dealkylation sites (tertiary alicyclic amines) is 1. The average molecular weight is 381 g/mol. The van der Waals surface area contributed by atoms with Crippen LogP contribution in [0.3, 0.4) is 0 Å². The van der Waals surface area contributed by atoms with E-state index in [2.05, 4.69) is 33.7 Å². The topological polar surface area (TPSA) is 44.4 Å². The molecular formula is C23H28FN3O. The van der Waals surface area contributed by atoms with Crippen molar-refractivity contribution >= 4 is 11.6 Å². The van der Waals surface area contributed by atoms with Crippen molar-refractivity contribution in [3.05, 3.63) is 64.5 Å². The highest BCUT2D eigenvalue weighted by atomic mass is 19.1. The van der Waals surface area contributed by atoms with Crippen LogP contribution in [0.15, 0.2) is 36.4 Å². The summed E-state index contributed by atoms with van der Waals surface area (Å²) in [5.41, 5.74) is 5.52. The van der Waals surface area contributed by atoms with E-state index < -0.39 is 0 Å². The first-order chi connectivity index (χ1) is 13.6. The molecule has 28 heavy (non-hydrogen) atoms. The quantitative estimate of drug-likeness (QED) is 0.831. The summed E-state index contributed by atoms with van der Waals surface area (Å²) in [6, 6.07) is 11.7. The Morgan fingerprint density at radius 2 is 2.07 bits per heavy atom. The van der Waals surface area contributed by atoms with E-state index in [9.17, 15) is 9.18 Å². The number of hydrogen-bond donors (Lipinski definition) is 2. The number of carbonyl (C=O) groups excluding carboxylic acids is 1. The monoisotopic (exact) mass is 381 g/mol. The van der Waals surface area contributed by atoms with Gasteiger partial charge in [-0.3, -0.25) is 9.69 Å². The Morgan fingerprint density at radius 3 is 2.86 bits per heavy atom. The Hall–Kier alpha value is -2.40. The zero-order valence-electron chi connectivity index (χ0n) is 16.4. The second kappa shape index (κ2) is 8.31. The highest BCUT2D eigenvalue weighted by molar-refractivity contribution is 5.78. The molecule has 2 heterocycles. The van der Waals surface area contributed by atoms with Crippen molar-refractivity contribution in [2.24, 2.45) is 5.92 Å². The van der Waals surface area contributed by atoms with Crippen LogP contribution in [0.1, 0.15) is 35.1 Å². The maximum Gasteiger partial charge on any atom is 0.223 e. The Labute approximate surface area is 166 Å². The van der Waals surface area contributed by atoms with Crippen molar-refractivity contribution in [3.8, 4) is 0 Å². The van der Waals surface area contributed by atoms with Crippen LogP contribution < -0.4 is 10.6 Å². The number of carbonyl (C=O) groups is 1. The van der Waals surface area contributed by atoms with Crippen LogP contribution in [0, 0.1) is 18.7 Å². The van der Waals surface area contributed by atoms with Gasteiger partial charge in [-0.1, -0.05) is 30.3 Å². The predicted octanol–water partition coefficient (Wildman–Crippen LogP) is 3.63. The molecular weight excluding hydrogens is 353 g/mol. The maximum absolute atomic E-state index is 13.6. The first-order valence-corrected chi connectivity index (χ1v) is 10.2. The smallest absolute Gasteiger partial charge is 0.223 e. The van der Waals surface area contributed by atoms with Gasteiger partial charge in [-0.25, -0.2) is 4.39 Å². The fourth-order valence-corrected chi connectivity index (χ4v) is 4.22. The molecule has 2 aliphatic rings. The molecule has 2 N–H and O–H groups in total. The number of piperidine rings is 1. The summed E-state index contributed by atoms with van der Waals surface area (Å²) in [5, 5.41) is 6.49. The molecule has 148 valence electrons. The maximum atomic E-state index is 13.6. The second-order valence-electron chi connectivity index (χ2n) is 7.98. The zero-order valence-corrected chi connectivity index (χ0v) is 16.4. The third kappa shape index (κ3) is 4.20. The first kappa shape index (κ1) is 18.9. The number of fused-ring (bicyclic) bond motifs is 1. The molecule has 0 radical (unpaired) electrons. The summed E-state index contributed by atoms with van der Waals surface area (Å²) in [7, 11) is 0. The van der Waals surface area contributed by atoms with Crippen molar-refractivity contribution in [2.45, 2.75) is 39.3 Å². The summed E-state index contributed by atoms with van der Waals surface area (Å²) in [5.74, 6) is -0.0870. The third-order valence-electron chi connectivity index (χ3n) is 5.99. The largest absolute Gasteiger partial charge is 0.384 e. The van der Waals surface area contributed by atoms with Gasteiger partial charge in [0.05, 0.1) is 0 Å². The minimum Gasteiger partial charge on any atom is -0.384 e. The second-order valence-corrected chi connectivity index (χ2v) is 7.98. The van der Waals surface area contributed by atoms with Crippen LogP contribution in [0.2, 0.25) is 0 Å². The minimum atomic E-state index is -0.220. The van der Waals surface area contributed by atoms with E-state index in [-0.39, 0.29) is 17.6 Å². The number of nitrogens with zero attached hydrogens (tertiary/aromatic N) is 1. The summed E-state index contributed by atoms with van der Waals surface area (Å²) in [6.07, 6.45) is 2.85. The van der Waals surface area contributed by atoms with E-state index in [1.807, 2.05) is 6.07 Å². The molecule has 4 rings (SSSR count). The number of aryl methyl sites for hydroxylation is 1. The van der Waals surface area contributed by atoms with E-state index in [0.29, 0.717) is 12.1 Å². The van der Waals surface area contributed by atoms with Gasteiger partial charge in [0.25, 0.3) is 0 Å². The molecule has 0 saturated carbocycles. The van der Waals surface area contributed by atoms with E-state index in [1.54, 1.807) is 13.0 Å². The lowest BCUT2D eigenvalue weighted by atomic mass is 9.95. The molecule has 4 nitrogen and oxygen atoms in total. The molecule has 0 aliphatic carbocycles. The van der Waals surface area contributed by atoms with Gasteiger partial charge in [0, 0.05) is 31.2 Å². The zero-order chi connectivity index (χ0) is 19.5. The number of halogens is 1. The number of anilines is 1. The Balaban J connectivity index is 1.26. The number of nitrogens with one attached hydrogen (secondary N) is 2. The number of amides is 1. The molecule has 5 heteroatoms. The van der Waals surface area contributed by atoms with Gasteiger partial charge >= 0.3 is 0 Å². The van der Waals surface area contributed by atoms with Gasteiger partial charge in [-0.05, 0) is 67.6 Å². The lowest BCUT2D eigenvalue weighted by molar-refractivity contribution is -0.126. The van der Waals surface area contributed by atoms with Crippen LogP contribution >= 0.6 is 0 Å². The van der Waals surface area contributed by atoms with Gasteiger partial charge in [-0.15, -0.1) is 0 Å². The molecule has 1 fully saturated rings. The highest BCUT2D eigenvalue weighted by Crippen LogP contribution is 2.28. The van der Waals surface area contributed by atoms with Gasteiger partial charge in [0.2, 0.25) is 5.91 Å². The van der Waals surface area contributed by atoms with Gasteiger partial charge in [0.15, 0.2) is 0 Å². The molecule has 0 spiro atoms. The highest BCUT2D eigenvalue weighted by Gasteiger charge is 2.25. The molecule has 0 bridgehead atoms. The SMILES string of the molecule is Cc1ccc(CNC(=O)C2CCN(Cc3cccc4c3NCC4)CC2)cc1F. The van der Waals surface area contributed by atoms with Gasteiger partial charge in [-0.2, -0.15) is 0 Å². The molecule has 1 amide bonds. The van der Waals surface area contributed by atoms with Crippen molar-refractivity contribution in [2.75, 3.05) is 25.0 Å². The summed E-state index contributed by atoms with van der Waals surface area (Å²) in [6.45, 7) is 5.96. The van der Waals surface area contributed by atoms with Gasteiger partial charge < -0.3 is 10.6 Å². The van der Waals surface area contributed by atoms with E-state index in [0.717, 1.165) is 51.0 Å². The summed E-state index contributed by atoms with van der Waals surface area (Å²) in [4.78, 5) is 14.9. The molecule has 2 aliphatic heterocycles. The van der Waals surface area contributed by atoms with Crippen LogP contribution in [-0.2, 0) is 24.3 Å². The van der Waals surface area contributed by atoms with Crippen LogP contribution in [-0.4, -0.2) is 30.4 Å². The van der Waals surface area contributed by atoms with Crippen LogP contribution in [0.5, 0.6) is 0 Å². The molecule has 2 aromatic rings. The number of para-hydroxylation sites is 1. The Kier molecular flexibility index (Phi) is 5.62. The molecule has 1 saturated heterocycles. The Morgan fingerprint density at radius 1 is 1.25 bits per heavy atom. The van der Waals surface area contributed by atoms with Crippen molar-refractivity contribution in [1.82, 2.24) is 10.2 Å². The van der Waals surface area contributed by atoms with Crippen molar-refractivity contribution in [3.63, 3.8) is 0 Å². The van der Waals surface area contributed by atoms with E-state index in [1.165, 1.54) is 22.9 Å². The molecule has 0 atom stereocenters. The van der Waals surface area contributed by atoms with Crippen molar-refractivity contribution < 1.29 is 9.18 Å². The Bertz CT molecular complexity index is 859. The first-order valence-electron chi connectivity index (χ1n) is 10.2. The third-order valence-corrected chi connectivity index (χ3v) is 5.99. The number of hydrogen-bond acceptors (Lipinski definition) is 3. The lowest BCUT2D eigenvalue weighted by Gasteiger charge is -2.31. The minimum absolute atomic E-state index is 0.0474. The predicted molar refractivity (Wildman–Crippen MR) is 110 cm³/mol. The fourth-order valence-electron chi connectivity index (χ4n) is 4.22. The van der Waals surface area contributed by atoms with Crippen molar-refractivity contribution in [1.29, 1.82) is 0 Å². The van der Waals surface area contributed by atoms with Crippen LogP contribution in [0.25, 0.3) is 0 Å². The van der Waals surface area contributed by atoms with E-state index in [4.69, 9.17) is 0 Å². The summed E-state index contributed by atoms with van der Waals surface area (Å²) < 4.78 is 13.6. The van der Waals surface area contributed by atoms with Crippen LogP contribution in [0.4, 0.5) is 10.1 Å². The molecule has 2 aromatic carbocycles. The van der Waals surface area contributed by atoms with E-state index >= 15 is 0 Å². The van der Waals surface area contributed by atoms with Gasteiger partial charge in [0.1, 0.15) is 5.82 Å². The molecule has 0 unspecified atom stereocenters. The number of rotatable bonds is 5. The molecule has 0 aromatic heterocycles. The summed E-state index contributed by atoms with van der Waals surface area (Å²) >= 11 is 0. The lowest BCUT2D eigenvalue weighted by Crippen LogP contribution is -2.40. The number of benzene rings is 2. The standard InChI is InChI=1S/C23H28FN3O/c1-16-5-6-17(13-21(16)24)14-26-23(28)19-8-11-27(12-9-19)15-20-4-2-3-18-7-10-25-22(18)20/h2-6,13,19,25H,7-12,14-15H2,1H3,(H,26,28). The fraction of sp³-hybridized carbons (Fsp3) is 0.435. The average Bonchev–Trinajstić information content (AvgIpc) is 3.19. The normalized spacial score (nSPS) is 17.2.